The van der Waals surface area contributed by atoms with E-state index in [9.17, 15) is 14.0 Å². The van der Waals surface area contributed by atoms with E-state index in [1.807, 2.05) is 30.6 Å². The first kappa shape index (κ1) is 28.1. The number of hydrogen-bond acceptors (Lipinski definition) is 7. The zero-order chi connectivity index (χ0) is 29.4. The molecule has 0 aliphatic carbocycles. The van der Waals surface area contributed by atoms with Crippen LogP contribution < -0.4 is 24.4 Å². The summed E-state index contributed by atoms with van der Waals surface area (Å²) in [6.07, 6.45) is 1.83. The number of esters is 1. The maximum atomic E-state index is 14.0. The Labute approximate surface area is 240 Å². The minimum atomic E-state index is -0.779. The van der Waals surface area contributed by atoms with Gasteiger partial charge in [-0.1, -0.05) is 17.4 Å². The van der Waals surface area contributed by atoms with Crippen LogP contribution in [0, 0.1) is 19.7 Å². The number of fused-ring (bicyclic) bond motifs is 1. The predicted molar refractivity (Wildman–Crippen MR) is 155 cm³/mol. The van der Waals surface area contributed by atoms with E-state index >= 15 is 0 Å². The van der Waals surface area contributed by atoms with Crippen LogP contribution >= 0.6 is 11.3 Å². The van der Waals surface area contributed by atoms with E-state index in [-0.39, 0.29) is 23.6 Å². The van der Waals surface area contributed by atoms with Crippen molar-refractivity contribution in [2.75, 3.05) is 20.8 Å². The number of thiazole rings is 1. The molecule has 0 fully saturated rings. The quantitative estimate of drug-likeness (QED) is 0.306. The highest BCUT2D eigenvalue weighted by molar-refractivity contribution is 7.07. The number of carbonyl (C=O) groups excluding carboxylic acids is 1. The number of nitrogens with zero attached hydrogens (tertiary/aromatic N) is 3. The highest BCUT2D eigenvalue weighted by atomic mass is 32.1. The summed E-state index contributed by atoms with van der Waals surface area (Å²) in [5.74, 6) is 0.154. The monoisotopic (exact) mass is 575 g/mol. The van der Waals surface area contributed by atoms with E-state index < -0.39 is 12.0 Å². The highest BCUT2D eigenvalue weighted by Gasteiger charge is 2.34. The topological polar surface area (TPSA) is 84.1 Å². The number of allylic oxidation sites excluding steroid dienone is 1. The lowest BCUT2D eigenvalue weighted by molar-refractivity contribution is -0.139. The van der Waals surface area contributed by atoms with Crippen molar-refractivity contribution in [1.82, 2.24) is 9.13 Å². The number of carbonyl (C=O) groups is 1. The van der Waals surface area contributed by atoms with E-state index in [0.717, 1.165) is 22.6 Å². The molecule has 1 atom stereocenters. The van der Waals surface area contributed by atoms with Crippen LogP contribution in [0.25, 0.3) is 11.8 Å². The fourth-order valence-corrected chi connectivity index (χ4v) is 6.23. The van der Waals surface area contributed by atoms with Gasteiger partial charge in [0.25, 0.3) is 5.56 Å². The maximum absolute atomic E-state index is 14.0. The summed E-state index contributed by atoms with van der Waals surface area (Å²) in [5.41, 5.74) is 4.65. The van der Waals surface area contributed by atoms with Crippen molar-refractivity contribution in [3.63, 3.8) is 0 Å². The third kappa shape index (κ3) is 4.99. The molecule has 8 nitrogen and oxygen atoms in total. The summed E-state index contributed by atoms with van der Waals surface area (Å²) >= 11 is 1.25. The summed E-state index contributed by atoms with van der Waals surface area (Å²) in [6, 6.07) is 12.8. The maximum Gasteiger partial charge on any atom is 0.338 e. The standard InChI is InChI=1S/C31H30FN3O5S/c1-7-40-30(37)27-18(3)33-31-35(28(27)20-8-13-24(38-5)25(15-20)39-6)29(36)26(41-31)16-21-14-17(2)34(19(21)4)23-11-9-22(32)10-12-23/h8-16,28H,7H2,1-6H3/b26-16-/t28-/m0/s1. The average Bonchev–Trinajstić information content (AvgIpc) is 3.41. The van der Waals surface area contributed by atoms with Gasteiger partial charge >= 0.3 is 5.97 Å². The summed E-state index contributed by atoms with van der Waals surface area (Å²) in [7, 11) is 3.07. The molecule has 2 aromatic heterocycles. The lowest BCUT2D eigenvalue weighted by Gasteiger charge is -2.25. The minimum absolute atomic E-state index is 0.183. The minimum Gasteiger partial charge on any atom is -0.493 e. The molecular weight excluding hydrogens is 545 g/mol. The molecule has 1 aliphatic rings. The van der Waals surface area contributed by atoms with Crippen LogP contribution in [0.5, 0.6) is 11.5 Å². The molecule has 0 unspecified atom stereocenters. The number of hydrogen-bond donors (Lipinski definition) is 0. The second-order valence-electron chi connectivity index (χ2n) is 9.55. The zero-order valence-electron chi connectivity index (χ0n) is 23.6. The van der Waals surface area contributed by atoms with Gasteiger partial charge in [-0.15, -0.1) is 0 Å². The second kappa shape index (κ2) is 11.2. The molecule has 0 bridgehead atoms. The Kier molecular flexibility index (Phi) is 7.68. The van der Waals surface area contributed by atoms with Crippen molar-refractivity contribution in [3.05, 3.63) is 108 Å². The molecule has 0 radical (unpaired) electrons. The molecule has 41 heavy (non-hydrogen) atoms. The van der Waals surface area contributed by atoms with E-state index in [1.54, 1.807) is 51.3 Å². The number of ether oxygens (including phenoxy) is 3. The number of methoxy groups -OCH3 is 2. The van der Waals surface area contributed by atoms with Crippen molar-refractivity contribution in [1.29, 1.82) is 0 Å². The summed E-state index contributed by atoms with van der Waals surface area (Å²) in [5, 5.41) is 0. The fourth-order valence-electron chi connectivity index (χ4n) is 5.19. The SMILES string of the molecule is CCOC(=O)C1=C(C)N=c2s/c(=C\c3cc(C)n(-c4ccc(F)cc4)c3C)c(=O)n2[C@H]1c1ccc(OC)c(OC)c1. The van der Waals surface area contributed by atoms with Crippen LogP contribution in [-0.4, -0.2) is 35.9 Å². The first-order valence-electron chi connectivity index (χ1n) is 13.0. The van der Waals surface area contributed by atoms with Gasteiger partial charge in [0.1, 0.15) is 5.82 Å². The number of aromatic nitrogens is 2. The molecule has 0 amide bonds. The summed E-state index contributed by atoms with van der Waals surface area (Å²) < 4.78 is 33.8. The lowest BCUT2D eigenvalue weighted by Crippen LogP contribution is -2.40. The molecule has 1 aliphatic heterocycles. The molecular formula is C31H30FN3O5S. The first-order chi connectivity index (χ1) is 19.7. The number of halogens is 1. The number of rotatable bonds is 7. The molecule has 0 N–H and O–H groups in total. The molecule has 10 heteroatoms. The van der Waals surface area contributed by atoms with Gasteiger partial charge in [0.05, 0.1) is 42.7 Å². The summed E-state index contributed by atoms with van der Waals surface area (Å²) in [4.78, 5) is 32.3. The molecule has 3 heterocycles. The summed E-state index contributed by atoms with van der Waals surface area (Å²) in [6.45, 7) is 7.57. The Morgan fingerprint density at radius 2 is 1.76 bits per heavy atom. The van der Waals surface area contributed by atoms with Gasteiger partial charge in [-0.05, 0) is 87.4 Å². The normalized spacial score (nSPS) is 15.0. The molecule has 0 spiro atoms. The number of benzene rings is 2. The number of aryl methyl sites for hydroxylation is 1. The molecule has 0 saturated heterocycles. The fraction of sp³-hybridized carbons (Fsp3) is 0.258. The molecule has 2 aromatic carbocycles. The third-order valence-electron chi connectivity index (χ3n) is 7.08. The van der Waals surface area contributed by atoms with Gasteiger partial charge in [0.2, 0.25) is 0 Å². The van der Waals surface area contributed by atoms with Crippen LogP contribution in [0.4, 0.5) is 4.39 Å². The van der Waals surface area contributed by atoms with Gasteiger partial charge in [-0.3, -0.25) is 9.36 Å². The predicted octanol–water partition coefficient (Wildman–Crippen LogP) is 4.36. The second-order valence-corrected chi connectivity index (χ2v) is 10.6. The molecule has 212 valence electrons. The van der Waals surface area contributed by atoms with Crippen LogP contribution in [-0.2, 0) is 9.53 Å². The van der Waals surface area contributed by atoms with Gasteiger partial charge < -0.3 is 18.8 Å². The van der Waals surface area contributed by atoms with Gasteiger partial charge in [-0.2, -0.15) is 0 Å². The Morgan fingerprint density at radius 1 is 1.05 bits per heavy atom. The van der Waals surface area contributed by atoms with Crippen molar-refractivity contribution in [2.24, 2.45) is 4.99 Å². The molecule has 0 saturated carbocycles. The van der Waals surface area contributed by atoms with Crippen LogP contribution in [0.2, 0.25) is 0 Å². The van der Waals surface area contributed by atoms with Crippen LogP contribution in [0.15, 0.2) is 69.6 Å². The Morgan fingerprint density at radius 3 is 2.41 bits per heavy atom. The lowest BCUT2D eigenvalue weighted by atomic mass is 9.95. The molecule has 4 aromatic rings. The zero-order valence-corrected chi connectivity index (χ0v) is 24.5. The Balaban J connectivity index is 1.70. The molecule has 5 rings (SSSR count). The largest absolute Gasteiger partial charge is 0.493 e. The van der Waals surface area contributed by atoms with Gasteiger partial charge in [-0.25, -0.2) is 14.2 Å². The highest BCUT2D eigenvalue weighted by Crippen LogP contribution is 2.36. The average molecular weight is 576 g/mol. The smallest absolute Gasteiger partial charge is 0.338 e. The van der Waals surface area contributed by atoms with Crippen molar-refractivity contribution in [3.8, 4) is 17.2 Å². The van der Waals surface area contributed by atoms with Crippen LogP contribution in [0.1, 0.15) is 42.4 Å². The van der Waals surface area contributed by atoms with E-state index in [0.29, 0.717) is 32.1 Å². The van der Waals surface area contributed by atoms with Gasteiger partial charge in [0, 0.05) is 17.1 Å². The van der Waals surface area contributed by atoms with E-state index in [2.05, 4.69) is 4.99 Å². The van der Waals surface area contributed by atoms with Crippen molar-refractivity contribution < 1.29 is 23.4 Å². The van der Waals surface area contributed by atoms with E-state index in [1.165, 1.54) is 35.1 Å². The Hall–Kier alpha value is -4.44. The van der Waals surface area contributed by atoms with Crippen molar-refractivity contribution in [2.45, 2.75) is 33.7 Å². The van der Waals surface area contributed by atoms with Crippen LogP contribution in [0.3, 0.4) is 0 Å². The van der Waals surface area contributed by atoms with E-state index in [4.69, 9.17) is 14.2 Å². The first-order valence-corrected chi connectivity index (χ1v) is 13.9. The van der Waals surface area contributed by atoms with Gasteiger partial charge in [0.15, 0.2) is 16.3 Å². The third-order valence-corrected chi connectivity index (χ3v) is 8.07. The Bertz CT molecular complexity index is 1860. The van der Waals surface area contributed by atoms with Crippen molar-refractivity contribution >= 4 is 23.4 Å².